The maximum absolute atomic E-state index is 10.6. The molecular weight excluding hydrogens is 349 g/mol. The molecule has 1 heterocycles. The summed E-state index contributed by atoms with van der Waals surface area (Å²) in [4.78, 5) is 4.31. The molecule has 17 heavy (non-hydrogen) atoms. The predicted molar refractivity (Wildman–Crippen MR) is 76.4 cm³/mol. The Morgan fingerprint density at radius 1 is 1.12 bits per heavy atom. The molecule has 2 rings (SSSR count). The number of hydrogen-bond acceptors (Lipinski definition) is 3. The first kappa shape index (κ1) is 12.5. The van der Waals surface area contributed by atoms with Gasteiger partial charge < -0.3 is 0 Å². The fourth-order valence-electron chi connectivity index (χ4n) is 1.52. The van der Waals surface area contributed by atoms with Gasteiger partial charge in [-0.2, -0.15) is 0 Å². The van der Waals surface area contributed by atoms with Gasteiger partial charge in [0.15, 0.2) is 0 Å². The van der Waals surface area contributed by atoms with E-state index in [-0.39, 0.29) is 5.75 Å². The van der Waals surface area contributed by atoms with E-state index in [4.69, 9.17) is 0 Å². The molecule has 0 radical (unpaired) electrons. The number of aromatic nitrogens is 1. The van der Waals surface area contributed by atoms with Gasteiger partial charge >= 0.3 is 0 Å². The van der Waals surface area contributed by atoms with Crippen molar-refractivity contribution in [1.82, 2.24) is 4.98 Å². The molecule has 0 saturated carbocycles. The van der Waals surface area contributed by atoms with Gasteiger partial charge in [0, 0.05) is 15.3 Å². The maximum Gasteiger partial charge on any atom is 0.144 e. The van der Waals surface area contributed by atoms with Gasteiger partial charge in [-0.15, -0.1) is 0 Å². The summed E-state index contributed by atoms with van der Waals surface area (Å²) in [5.41, 5.74) is 2.72. The number of thiol groups is 1. The molecule has 1 aromatic carbocycles. The van der Waals surface area contributed by atoms with Crippen LogP contribution in [0.2, 0.25) is 0 Å². The van der Waals surface area contributed by atoms with Crippen LogP contribution in [0.5, 0.6) is 0 Å². The van der Waals surface area contributed by atoms with E-state index >= 15 is 0 Å². The average molecular weight is 359 g/mol. The van der Waals surface area contributed by atoms with Crippen LogP contribution < -0.4 is 0 Å². The third-order valence-corrected chi connectivity index (χ3v) is 3.79. The minimum absolute atomic E-state index is 0.0922. The van der Waals surface area contributed by atoms with Crippen LogP contribution >= 0.6 is 22.6 Å². The lowest BCUT2D eigenvalue weighted by Gasteiger charge is -2.03. The van der Waals surface area contributed by atoms with Gasteiger partial charge in [-0.3, -0.25) is 4.98 Å². The lowest BCUT2D eigenvalue weighted by atomic mass is 10.1. The molecule has 0 unspecified atom stereocenters. The Bertz CT molecular complexity index is 586. The highest BCUT2D eigenvalue weighted by Crippen LogP contribution is 2.22. The molecule has 0 N–H and O–H groups in total. The Kier molecular flexibility index (Phi) is 4.11. The summed E-state index contributed by atoms with van der Waals surface area (Å²) in [5.74, 6) is 0.0922. The molecule has 0 atom stereocenters. The maximum atomic E-state index is 10.6. The number of hydrogen-bond donors (Lipinski definition) is 1. The van der Waals surface area contributed by atoms with E-state index in [0.29, 0.717) is 0 Å². The Hall–Kier alpha value is -0.950. The fourth-order valence-corrected chi connectivity index (χ4v) is 2.68. The van der Waals surface area contributed by atoms with E-state index in [1.165, 1.54) is 0 Å². The zero-order valence-corrected chi connectivity index (χ0v) is 11.9. The van der Waals surface area contributed by atoms with Gasteiger partial charge in [0.05, 0.1) is 11.4 Å². The molecule has 0 spiro atoms. The van der Waals surface area contributed by atoms with Crippen molar-refractivity contribution in [2.24, 2.45) is 0 Å². The topological polar surface area (TPSA) is 47.0 Å². The summed E-state index contributed by atoms with van der Waals surface area (Å²) >= 11 is 2.23. The van der Waals surface area contributed by atoms with E-state index in [9.17, 15) is 8.42 Å². The zero-order chi connectivity index (χ0) is 12.3. The zero-order valence-electron chi connectivity index (χ0n) is 8.84. The van der Waals surface area contributed by atoms with E-state index < -0.39 is 10.7 Å². The summed E-state index contributed by atoms with van der Waals surface area (Å²) in [7, 11) is -2.36. The molecule has 0 aliphatic rings. The number of halogens is 1. The molecule has 1 aromatic heterocycles. The Labute approximate surface area is 115 Å². The summed E-state index contributed by atoms with van der Waals surface area (Å²) < 4.78 is 22.3. The number of pyridine rings is 1. The van der Waals surface area contributed by atoms with Crippen molar-refractivity contribution < 1.29 is 8.42 Å². The summed E-state index contributed by atoms with van der Waals surface area (Å²) in [6.07, 6.45) is 1.75. The Balaban J connectivity index is 2.33. The van der Waals surface area contributed by atoms with Crippen LogP contribution in [-0.2, 0) is 16.5 Å². The van der Waals surface area contributed by atoms with Gasteiger partial charge in [-0.05, 0) is 40.3 Å². The van der Waals surface area contributed by atoms with Crippen LogP contribution in [0, 0.1) is 3.57 Å². The first-order chi connectivity index (χ1) is 8.16. The molecule has 0 aliphatic heterocycles. The monoisotopic (exact) mass is 359 g/mol. The van der Waals surface area contributed by atoms with Gasteiger partial charge in [0.1, 0.15) is 10.7 Å². The lowest BCUT2D eigenvalue weighted by Crippen LogP contribution is -1.89. The quantitative estimate of drug-likeness (QED) is 0.677. The standard InChI is InChI=1S/C12H10INO2S/c13-11-2-1-7-14-12(11)10-5-3-9(4-6-10)8-17(15)16/h1-7,17H,8H2. The van der Waals surface area contributed by atoms with Gasteiger partial charge in [0.25, 0.3) is 0 Å². The van der Waals surface area contributed by atoms with Crippen LogP contribution in [0.25, 0.3) is 11.3 Å². The summed E-state index contributed by atoms with van der Waals surface area (Å²) in [5, 5.41) is 0. The molecule has 2 aromatic rings. The average Bonchev–Trinajstić information content (AvgIpc) is 2.30. The number of benzene rings is 1. The van der Waals surface area contributed by atoms with Crippen molar-refractivity contribution >= 4 is 33.3 Å². The van der Waals surface area contributed by atoms with Crippen molar-refractivity contribution in [2.75, 3.05) is 0 Å². The molecule has 88 valence electrons. The summed E-state index contributed by atoms with van der Waals surface area (Å²) in [6.45, 7) is 0. The highest BCUT2D eigenvalue weighted by atomic mass is 127. The highest BCUT2D eigenvalue weighted by molar-refractivity contribution is 14.1. The van der Waals surface area contributed by atoms with E-state index in [1.54, 1.807) is 6.20 Å². The fraction of sp³-hybridized carbons (Fsp3) is 0.0833. The normalized spacial score (nSPS) is 10.7. The minimum atomic E-state index is -2.36. The molecule has 0 saturated heterocycles. The van der Waals surface area contributed by atoms with Crippen molar-refractivity contribution in [3.05, 3.63) is 51.7 Å². The van der Waals surface area contributed by atoms with Crippen LogP contribution in [0.4, 0.5) is 0 Å². The van der Waals surface area contributed by atoms with Crippen molar-refractivity contribution in [3.8, 4) is 11.3 Å². The van der Waals surface area contributed by atoms with Crippen molar-refractivity contribution in [1.29, 1.82) is 0 Å². The van der Waals surface area contributed by atoms with Crippen LogP contribution in [0.15, 0.2) is 42.6 Å². The second-order valence-corrected chi connectivity index (χ2v) is 5.67. The van der Waals surface area contributed by atoms with Crippen molar-refractivity contribution in [3.63, 3.8) is 0 Å². The van der Waals surface area contributed by atoms with E-state index in [1.807, 2.05) is 36.4 Å². The summed E-state index contributed by atoms with van der Waals surface area (Å²) in [6, 6.07) is 11.3. The van der Waals surface area contributed by atoms with Crippen molar-refractivity contribution in [2.45, 2.75) is 5.75 Å². The first-order valence-electron chi connectivity index (χ1n) is 4.98. The molecule has 3 nitrogen and oxygen atoms in total. The third kappa shape index (κ3) is 3.26. The smallest absolute Gasteiger partial charge is 0.144 e. The second kappa shape index (κ2) is 5.59. The highest BCUT2D eigenvalue weighted by Gasteiger charge is 2.03. The molecular formula is C12H10INO2S. The largest absolute Gasteiger partial charge is 0.255 e. The van der Waals surface area contributed by atoms with Gasteiger partial charge in [0.2, 0.25) is 0 Å². The molecule has 0 fully saturated rings. The minimum Gasteiger partial charge on any atom is -0.255 e. The van der Waals surface area contributed by atoms with Crippen LogP contribution in [0.3, 0.4) is 0 Å². The number of nitrogens with zero attached hydrogens (tertiary/aromatic N) is 1. The predicted octanol–water partition coefficient (Wildman–Crippen LogP) is 2.46. The Morgan fingerprint density at radius 2 is 1.82 bits per heavy atom. The molecule has 0 aliphatic carbocycles. The molecule has 5 heteroatoms. The van der Waals surface area contributed by atoms with E-state index in [2.05, 4.69) is 27.6 Å². The first-order valence-corrected chi connectivity index (χ1v) is 7.42. The number of rotatable bonds is 3. The lowest BCUT2D eigenvalue weighted by molar-refractivity contribution is 0.614. The van der Waals surface area contributed by atoms with Gasteiger partial charge in [-0.1, -0.05) is 24.3 Å². The third-order valence-electron chi connectivity index (χ3n) is 2.30. The van der Waals surface area contributed by atoms with E-state index in [0.717, 1.165) is 20.4 Å². The molecule has 0 amide bonds. The Morgan fingerprint density at radius 3 is 2.41 bits per heavy atom. The second-order valence-electron chi connectivity index (χ2n) is 3.52. The SMILES string of the molecule is O=[SH](=O)Cc1ccc(-c2ncccc2I)cc1. The van der Waals surface area contributed by atoms with Gasteiger partial charge in [-0.25, -0.2) is 8.42 Å². The van der Waals surface area contributed by atoms with Crippen LogP contribution in [0.1, 0.15) is 5.56 Å². The molecule has 0 bridgehead atoms. The van der Waals surface area contributed by atoms with Crippen LogP contribution in [-0.4, -0.2) is 13.4 Å².